The van der Waals surface area contributed by atoms with Crippen LogP contribution in [0, 0.1) is 11.3 Å². The van der Waals surface area contributed by atoms with Crippen LogP contribution in [-0.2, 0) is 25.9 Å². The van der Waals surface area contributed by atoms with Gasteiger partial charge in [0.25, 0.3) is 5.91 Å². The Bertz CT molecular complexity index is 724. The number of hydrogen-bond donors (Lipinski definition) is 1. The summed E-state index contributed by atoms with van der Waals surface area (Å²) in [5.74, 6) is 1.23. The summed E-state index contributed by atoms with van der Waals surface area (Å²) in [5.41, 5.74) is 2.48. The first kappa shape index (κ1) is 16.7. The molecular weight excluding hydrogens is 304 g/mol. The van der Waals surface area contributed by atoms with Gasteiger partial charge in [0.05, 0.1) is 12.2 Å². The van der Waals surface area contributed by atoms with Crippen LogP contribution in [-0.4, -0.2) is 20.8 Å². The Morgan fingerprint density at radius 2 is 2.25 bits per heavy atom. The quantitative estimate of drug-likeness (QED) is 0.935. The van der Waals surface area contributed by atoms with E-state index in [1.807, 2.05) is 23.9 Å². The van der Waals surface area contributed by atoms with Crippen LogP contribution < -0.4 is 5.32 Å². The van der Waals surface area contributed by atoms with E-state index in [1.54, 1.807) is 0 Å². The molecule has 0 radical (unpaired) electrons. The Morgan fingerprint density at radius 3 is 2.92 bits per heavy atom. The van der Waals surface area contributed by atoms with E-state index in [4.69, 9.17) is 4.52 Å². The summed E-state index contributed by atoms with van der Waals surface area (Å²) in [5, 5.41) is 11.3. The highest BCUT2D eigenvalue weighted by Crippen LogP contribution is 2.38. The Labute approximate surface area is 142 Å². The molecule has 0 unspecified atom stereocenters. The second kappa shape index (κ2) is 6.42. The van der Waals surface area contributed by atoms with Crippen molar-refractivity contribution in [3.63, 3.8) is 0 Å². The molecular formula is C18H26N4O2. The van der Waals surface area contributed by atoms with Crippen molar-refractivity contribution in [3.8, 4) is 0 Å². The van der Waals surface area contributed by atoms with Gasteiger partial charge in [0.2, 0.25) is 0 Å². The predicted molar refractivity (Wildman–Crippen MR) is 90.5 cm³/mol. The highest BCUT2D eigenvalue weighted by Gasteiger charge is 2.34. The first-order valence-electron chi connectivity index (χ1n) is 8.66. The number of carbonyl (C=O) groups is 1. The molecule has 0 aromatic carbocycles. The van der Waals surface area contributed by atoms with Crippen molar-refractivity contribution in [2.75, 3.05) is 0 Å². The number of amides is 1. The van der Waals surface area contributed by atoms with Crippen molar-refractivity contribution in [2.45, 2.75) is 60.0 Å². The monoisotopic (exact) mass is 330 g/mol. The Kier molecular flexibility index (Phi) is 4.47. The maximum atomic E-state index is 12.5. The lowest BCUT2D eigenvalue weighted by atomic mass is 9.71. The van der Waals surface area contributed by atoms with Crippen LogP contribution in [0.5, 0.6) is 0 Å². The molecule has 24 heavy (non-hydrogen) atoms. The Morgan fingerprint density at radius 1 is 1.46 bits per heavy atom. The lowest BCUT2D eigenvalue weighted by molar-refractivity contribution is 0.0940. The lowest BCUT2D eigenvalue weighted by Gasteiger charge is -2.33. The third kappa shape index (κ3) is 3.37. The average Bonchev–Trinajstić information content (AvgIpc) is 3.17. The molecule has 1 atom stereocenters. The van der Waals surface area contributed by atoms with Crippen LogP contribution in [0.4, 0.5) is 0 Å². The minimum Gasteiger partial charge on any atom is -0.360 e. The summed E-state index contributed by atoms with van der Waals surface area (Å²) < 4.78 is 7.25. The number of aromatic nitrogens is 3. The topological polar surface area (TPSA) is 73.0 Å². The molecule has 1 amide bonds. The maximum absolute atomic E-state index is 12.5. The van der Waals surface area contributed by atoms with Crippen molar-refractivity contribution in [2.24, 2.45) is 11.3 Å². The Balaban J connectivity index is 1.69. The summed E-state index contributed by atoms with van der Waals surface area (Å²) in [6.07, 6.45) is 4.71. The van der Waals surface area contributed by atoms with Gasteiger partial charge in [-0.1, -0.05) is 25.9 Å². The van der Waals surface area contributed by atoms with Gasteiger partial charge in [0.1, 0.15) is 5.76 Å². The summed E-state index contributed by atoms with van der Waals surface area (Å²) in [7, 11) is 0. The fourth-order valence-corrected chi connectivity index (χ4v) is 3.25. The minimum absolute atomic E-state index is 0.180. The van der Waals surface area contributed by atoms with E-state index >= 15 is 0 Å². The number of nitrogens with zero attached hydrogens (tertiary/aromatic N) is 3. The van der Waals surface area contributed by atoms with E-state index < -0.39 is 0 Å². The number of nitrogens with one attached hydrogen (secondary N) is 1. The molecule has 0 bridgehead atoms. The third-order valence-electron chi connectivity index (χ3n) is 4.93. The number of hydrogen-bond acceptors (Lipinski definition) is 4. The average molecular weight is 330 g/mol. The highest BCUT2D eigenvalue weighted by atomic mass is 16.5. The van der Waals surface area contributed by atoms with Crippen molar-refractivity contribution in [3.05, 3.63) is 35.0 Å². The molecule has 2 heterocycles. The normalized spacial score (nSPS) is 17.6. The zero-order valence-electron chi connectivity index (χ0n) is 14.9. The summed E-state index contributed by atoms with van der Waals surface area (Å²) in [4.78, 5) is 12.5. The summed E-state index contributed by atoms with van der Waals surface area (Å²) >= 11 is 0. The molecule has 3 rings (SSSR count). The van der Waals surface area contributed by atoms with Crippen LogP contribution >= 0.6 is 0 Å². The van der Waals surface area contributed by atoms with E-state index in [2.05, 4.69) is 36.3 Å². The van der Waals surface area contributed by atoms with Crippen LogP contribution in [0.2, 0.25) is 0 Å². The number of carbonyl (C=O) groups excluding carboxylic acids is 1. The lowest BCUT2D eigenvalue weighted by Crippen LogP contribution is -2.29. The number of fused-ring (bicyclic) bond motifs is 1. The van der Waals surface area contributed by atoms with Gasteiger partial charge in [-0.05, 0) is 37.2 Å². The molecule has 2 aromatic rings. The molecule has 0 aliphatic heterocycles. The van der Waals surface area contributed by atoms with Gasteiger partial charge >= 0.3 is 0 Å². The van der Waals surface area contributed by atoms with Gasteiger partial charge in [-0.15, -0.1) is 0 Å². The molecule has 0 saturated carbocycles. The third-order valence-corrected chi connectivity index (χ3v) is 4.93. The highest BCUT2D eigenvalue weighted by molar-refractivity contribution is 5.93. The Hall–Kier alpha value is -2.11. The van der Waals surface area contributed by atoms with E-state index in [0.29, 0.717) is 18.2 Å². The van der Waals surface area contributed by atoms with Crippen LogP contribution in [0.25, 0.3) is 0 Å². The minimum atomic E-state index is -0.180. The molecule has 0 spiro atoms. The molecule has 0 fully saturated rings. The zero-order chi connectivity index (χ0) is 17.3. The SMILES string of the molecule is CCn1ccc(CNC(=O)c2noc3c2C[C@H](C(C)(C)C)CC3)n1. The van der Waals surface area contributed by atoms with Gasteiger partial charge in [-0.25, -0.2) is 0 Å². The van der Waals surface area contributed by atoms with Gasteiger partial charge in [0.15, 0.2) is 5.69 Å². The van der Waals surface area contributed by atoms with Gasteiger partial charge in [0, 0.05) is 24.7 Å². The largest absolute Gasteiger partial charge is 0.360 e. The van der Waals surface area contributed by atoms with Crippen LogP contribution in [0.1, 0.15) is 61.6 Å². The van der Waals surface area contributed by atoms with Crippen molar-refractivity contribution >= 4 is 5.91 Å². The molecule has 6 heteroatoms. The van der Waals surface area contributed by atoms with Crippen molar-refractivity contribution in [1.29, 1.82) is 0 Å². The van der Waals surface area contributed by atoms with Crippen molar-refractivity contribution in [1.82, 2.24) is 20.3 Å². The molecule has 1 N–H and O–H groups in total. The van der Waals surface area contributed by atoms with Gasteiger partial charge in [-0.3, -0.25) is 9.48 Å². The maximum Gasteiger partial charge on any atom is 0.274 e. The molecule has 130 valence electrons. The number of rotatable bonds is 4. The van der Waals surface area contributed by atoms with Gasteiger partial charge in [-0.2, -0.15) is 5.10 Å². The second-order valence-electron chi connectivity index (χ2n) is 7.58. The molecule has 1 aliphatic carbocycles. The first-order chi connectivity index (χ1) is 11.4. The van der Waals surface area contributed by atoms with Gasteiger partial charge < -0.3 is 9.84 Å². The predicted octanol–water partition coefficient (Wildman–Crippen LogP) is 2.97. The summed E-state index contributed by atoms with van der Waals surface area (Å²) in [6, 6.07) is 1.91. The second-order valence-corrected chi connectivity index (χ2v) is 7.58. The zero-order valence-corrected chi connectivity index (χ0v) is 14.9. The van der Waals surface area contributed by atoms with E-state index in [9.17, 15) is 4.79 Å². The molecule has 2 aromatic heterocycles. The molecule has 0 saturated heterocycles. The molecule has 6 nitrogen and oxygen atoms in total. The smallest absolute Gasteiger partial charge is 0.274 e. The number of aryl methyl sites for hydroxylation is 2. The van der Waals surface area contributed by atoms with Crippen LogP contribution in [0.3, 0.4) is 0 Å². The van der Waals surface area contributed by atoms with E-state index in [-0.39, 0.29) is 11.3 Å². The first-order valence-corrected chi connectivity index (χ1v) is 8.66. The van der Waals surface area contributed by atoms with Crippen molar-refractivity contribution < 1.29 is 9.32 Å². The van der Waals surface area contributed by atoms with E-state index in [1.165, 1.54) is 0 Å². The standard InChI is InChI=1S/C18H26N4O2/c1-5-22-9-8-13(20-22)11-19-17(23)16-14-10-12(18(2,3)4)6-7-15(14)24-21-16/h8-9,12H,5-7,10-11H2,1-4H3,(H,19,23)/t12-/m1/s1. The summed E-state index contributed by atoms with van der Waals surface area (Å²) in [6.45, 7) is 10.00. The fourth-order valence-electron chi connectivity index (χ4n) is 3.25. The van der Waals surface area contributed by atoms with E-state index in [0.717, 1.165) is 42.8 Å². The fraction of sp³-hybridized carbons (Fsp3) is 0.611. The molecule has 1 aliphatic rings. The van der Waals surface area contributed by atoms with Crippen LogP contribution in [0.15, 0.2) is 16.8 Å².